The average molecular weight is 677 g/mol. The SMILES string of the molecule is CCCCCC[C@@H](C(=O)NCNC(=O)c1ccc(-c2cc(OCC(=O)O)cc(C(=O)N[C@@H](CC(=O)O)C(=O)O)c2)o1)[C@@H](CC)N(O)C=O. The molecular weight excluding hydrogens is 636 g/mol. The second-order valence-corrected chi connectivity index (χ2v) is 10.7. The lowest BCUT2D eigenvalue weighted by Gasteiger charge is -2.29. The number of benzene rings is 1. The van der Waals surface area contributed by atoms with Gasteiger partial charge >= 0.3 is 17.9 Å². The van der Waals surface area contributed by atoms with Crippen LogP contribution >= 0.6 is 0 Å². The predicted molar refractivity (Wildman–Crippen MR) is 165 cm³/mol. The van der Waals surface area contributed by atoms with E-state index in [9.17, 15) is 43.9 Å². The van der Waals surface area contributed by atoms with Gasteiger partial charge in [-0.1, -0.05) is 39.5 Å². The largest absolute Gasteiger partial charge is 0.482 e. The Labute approximate surface area is 275 Å². The van der Waals surface area contributed by atoms with Gasteiger partial charge in [-0.15, -0.1) is 0 Å². The molecule has 2 aromatic rings. The second kappa shape index (κ2) is 19.3. The molecule has 48 heavy (non-hydrogen) atoms. The molecule has 0 fully saturated rings. The predicted octanol–water partition coefficient (Wildman–Crippen LogP) is 2.08. The Morgan fingerprint density at radius 1 is 0.938 bits per heavy atom. The zero-order chi connectivity index (χ0) is 35.8. The minimum absolute atomic E-state index is 0.0224. The number of unbranched alkanes of at least 4 members (excludes halogenated alkanes) is 3. The fourth-order valence-corrected chi connectivity index (χ4v) is 4.79. The number of nitrogens with one attached hydrogen (secondary N) is 3. The molecule has 1 heterocycles. The van der Waals surface area contributed by atoms with Crippen LogP contribution < -0.4 is 20.7 Å². The molecule has 262 valence electrons. The summed E-state index contributed by atoms with van der Waals surface area (Å²) in [5.74, 6) is -7.64. The smallest absolute Gasteiger partial charge is 0.341 e. The van der Waals surface area contributed by atoms with Crippen LogP contribution in [0.5, 0.6) is 5.75 Å². The summed E-state index contributed by atoms with van der Waals surface area (Å²) in [6.07, 6.45) is 3.59. The summed E-state index contributed by atoms with van der Waals surface area (Å²) in [5, 5.41) is 44.9. The number of carbonyl (C=O) groups excluding carboxylic acids is 4. The first-order chi connectivity index (χ1) is 22.8. The molecule has 1 aromatic carbocycles. The van der Waals surface area contributed by atoms with E-state index in [0.717, 1.165) is 25.3 Å². The third-order valence-corrected chi connectivity index (χ3v) is 7.18. The minimum Gasteiger partial charge on any atom is -0.482 e. The van der Waals surface area contributed by atoms with Gasteiger partial charge in [0.25, 0.3) is 11.8 Å². The summed E-state index contributed by atoms with van der Waals surface area (Å²) in [7, 11) is 0. The summed E-state index contributed by atoms with van der Waals surface area (Å²) in [6.45, 7) is 2.67. The Morgan fingerprint density at radius 3 is 2.27 bits per heavy atom. The Morgan fingerprint density at radius 2 is 1.67 bits per heavy atom. The van der Waals surface area contributed by atoms with Crippen LogP contribution in [0.4, 0.5) is 0 Å². The number of hydrogen-bond acceptors (Lipinski definition) is 10. The van der Waals surface area contributed by atoms with E-state index < -0.39 is 66.7 Å². The van der Waals surface area contributed by atoms with E-state index in [2.05, 4.69) is 16.0 Å². The number of amides is 4. The molecule has 3 atom stereocenters. The van der Waals surface area contributed by atoms with Gasteiger partial charge in [0, 0.05) is 11.1 Å². The van der Waals surface area contributed by atoms with Crippen LogP contribution in [0.2, 0.25) is 0 Å². The number of aliphatic carboxylic acids is 3. The fourth-order valence-electron chi connectivity index (χ4n) is 4.79. The van der Waals surface area contributed by atoms with Crippen molar-refractivity contribution in [3.63, 3.8) is 0 Å². The van der Waals surface area contributed by atoms with Crippen molar-refractivity contribution in [3.05, 3.63) is 41.7 Å². The Hall–Kier alpha value is -5.45. The van der Waals surface area contributed by atoms with Gasteiger partial charge in [0.15, 0.2) is 12.4 Å². The highest BCUT2D eigenvalue weighted by atomic mass is 16.5. The van der Waals surface area contributed by atoms with Crippen LogP contribution in [0.3, 0.4) is 0 Å². The molecule has 1 aromatic heterocycles. The van der Waals surface area contributed by atoms with E-state index in [1.165, 1.54) is 24.3 Å². The van der Waals surface area contributed by atoms with Gasteiger partial charge in [-0.05, 0) is 43.2 Å². The number of carboxylic acids is 3. The summed E-state index contributed by atoms with van der Waals surface area (Å²) >= 11 is 0. The monoisotopic (exact) mass is 676 g/mol. The molecule has 0 bridgehead atoms. The first-order valence-corrected chi connectivity index (χ1v) is 15.1. The second-order valence-electron chi connectivity index (χ2n) is 10.7. The van der Waals surface area contributed by atoms with Crippen LogP contribution in [0.25, 0.3) is 11.3 Å². The zero-order valence-corrected chi connectivity index (χ0v) is 26.5. The molecule has 0 aliphatic rings. The van der Waals surface area contributed by atoms with E-state index in [1.807, 2.05) is 6.92 Å². The third-order valence-electron chi connectivity index (χ3n) is 7.18. The Bertz CT molecular complexity index is 1460. The van der Waals surface area contributed by atoms with Crippen molar-refractivity contribution in [2.24, 2.45) is 5.92 Å². The van der Waals surface area contributed by atoms with Crippen molar-refractivity contribution in [2.75, 3.05) is 13.3 Å². The zero-order valence-electron chi connectivity index (χ0n) is 26.5. The molecule has 0 aliphatic heterocycles. The molecule has 4 amide bonds. The van der Waals surface area contributed by atoms with Gasteiger partial charge in [-0.25, -0.2) is 14.7 Å². The average Bonchev–Trinajstić information content (AvgIpc) is 3.55. The summed E-state index contributed by atoms with van der Waals surface area (Å²) in [6, 6.07) is 3.79. The summed E-state index contributed by atoms with van der Waals surface area (Å²) in [4.78, 5) is 83.4. The van der Waals surface area contributed by atoms with Crippen LogP contribution in [0, 0.1) is 5.92 Å². The maximum atomic E-state index is 13.0. The first-order valence-electron chi connectivity index (χ1n) is 15.1. The standard InChI is InChI=1S/C31H40N4O13/c1-3-5-6-7-8-21(23(4-2)35(46)17-36)29(42)32-16-33-30(43)25-10-9-24(48-25)18-11-19(13-20(12-18)47-15-27(39)40)28(41)34-22(31(44)45)14-26(37)38/h9-13,17,21-23,46H,3-8,14-16H2,1-2H3,(H,32,42)(H,33,43)(H,34,41)(H,37,38)(H,39,40)(H,44,45)/t21-,22+,23-/m1/s1. The van der Waals surface area contributed by atoms with E-state index in [-0.39, 0.29) is 41.5 Å². The van der Waals surface area contributed by atoms with Gasteiger partial charge in [-0.3, -0.25) is 29.2 Å². The molecule has 0 radical (unpaired) electrons. The van der Waals surface area contributed by atoms with E-state index >= 15 is 0 Å². The maximum Gasteiger partial charge on any atom is 0.341 e. The number of nitrogens with zero attached hydrogens (tertiary/aromatic N) is 1. The molecule has 7 N–H and O–H groups in total. The van der Waals surface area contributed by atoms with Crippen molar-refractivity contribution in [1.82, 2.24) is 21.0 Å². The highest BCUT2D eigenvalue weighted by Crippen LogP contribution is 2.28. The molecule has 0 spiro atoms. The number of hydrogen-bond donors (Lipinski definition) is 7. The number of ether oxygens (including phenoxy) is 1. The highest BCUT2D eigenvalue weighted by Gasteiger charge is 2.31. The minimum atomic E-state index is -1.77. The van der Waals surface area contributed by atoms with Gasteiger partial charge < -0.3 is 40.4 Å². The molecule has 0 aliphatic carbocycles. The van der Waals surface area contributed by atoms with Crippen LogP contribution in [0.1, 0.15) is 79.7 Å². The number of hydroxylamine groups is 2. The molecule has 0 unspecified atom stereocenters. The van der Waals surface area contributed by atoms with Gasteiger partial charge in [-0.2, -0.15) is 0 Å². The van der Waals surface area contributed by atoms with E-state index in [0.29, 0.717) is 24.3 Å². The lowest BCUT2D eigenvalue weighted by atomic mass is 9.90. The fraction of sp³-hybridized carbons (Fsp3) is 0.452. The lowest BCUT2D eigenvalue weighted by molar-refractivity contribution is -0.168. The Balaban J connectivity index is 2.20. The number of carboxylic acid groups (broad SMARTS) is 3. The van der Waals surface area contributed by atoms with Gasteiger partial charge in [0.2, 0.25) is 12.3 Å². The van der Waals surface area contributed by atoms with Crippen molar-refractivity contribution in [1.29, 1.82) is 0 Å². The van der Waals surface area contributed by atoms with Crippen molar-refractivity contribution >= 4 is 42.0 Å². The van der Waals surface area contributed by atoms with Crippen LogP contribution in [0.15, 0.2) is 34.7 Å². The number of rotatable bonds is 22. The topological polar surface area (TPSA) is 262 Å². The lowest BCUT2D eigenvalue weighted by Crippen LogP contribution is -2.47. The number of furan rings is 1. The Kier molecular flexibility index (Phi) is 15.5. The normalized spacial score (nSPS) is 12.6. The van der Waals surface area contributed by atoms with Crippen LogP contribution in [-0.2, 0) is 24.0 Å². The summed E-state index contributed by atoms with van der Waals surface area (Å²) < 4.78 is 10.8. The molecular formula is C31H40N4O13. The third kappa shape index (κ3) is 12.1. The molecule has 0 saturated carbocycles. The number of carbonyl (C=O) groups is 7. The summed E-state index contributed by atoms with van der Waals surface area (Å²) in [5.41, 5.74) is -0.0962. The van der Waals surface area contributed by atoms with Gasteiger partial charge in [0.1, 0.15) is 17.6 Å². The molecule has 0 saturated heterocycles. The van der Waals surface area contributed by atoms with Crippen molar-refractivity contribution in [3.8, 4) is 17.1 Å². The highest BCUT2D eigenvalue weighted by molar-refractivity contribution is 5.99. The first kappa shape index (κ1) is 38.7. The molecule has 17 nitrogen and oxygen atoms in total. The van der Waals surface area contributed by atoms with Crippen molar-refractivity contribution < 1.29 is 63.2 Å². The van der Waals surface area contributed by atoms with E-state index in [1.54, 1.807) is 6.92 Å². The maximum absolute atomic E-state index is 13.0. The quantitative estimate of drug-likeness (QED) is 0.0310. The molecule has 2 rings (SSSR count). The molecule has 17 heteroatoms. The van der Waals surface area contributed by atoms with Crippen LogP contribution in [-0.4, -0.2) is 93.0 Å². The van der Waals surface area contributed by atoms with Gasteiger partial charge in [0.05, 0.1) is 25.0 Å². The van der Waals surface area contributed by atoms with E-state index in [4.69, 9.17) is 19.4 Å². The van der Waals surface area contributed by atoms with Crippen molar-refractivity contribution in [2.45, 2.75) is 70.9 Å².